The minimum absolute atomic E-state index is 0.186. The number of H-pyrrole nitrogens is 1. The summed E-state index contributed by atoms with van der Waals surface area (Å²) in [6.45, 7) is 7.54. The number of likely N-dealkylation sites (N-methyl/N-ethyl adjacent to an activating group) is 1. The van der Waals surface area contributed by atoms with Gasteiger partial charge in [0.1, 0.15) is 5.71 Å². The molecule has 1 aliphatic carbocycles. The first-order chi connectivity index (χ1) is 13.7. The van der Waals surface area contributed by atoms with Crippen molar-refractivity contribution in [1.29, 1.82) is 0 Å². The van der Waals surface area contributed by atoms with Crippen LogP contribution in [0.25, 0.3) is 6.08 Å². The van der Waals surface area contributed by atoms with Crippen LogP contribution in [0.4, 0.5) is 0 Å². The topological polar surface area (TPSA) is 73.6 Å². The standard InChI is InChI=1S/C22H28N4O2/c1-3-26(4-2)12-11-16-15-8-5-6-9-18(15)23-19(16)14-17-21(24-25-22(17)27)20-10-7-13-28-20/h7,10,13-14,23H,3-6,8-9,11-12H2,1-2H3,(H,25,27). The fraction of sp³-hybridized carbons (Fsp3) is 0.455. The summed E-state index contributed by atoms with van der Waals surface area (Å²) in [6, 6.07) is 3.63. The maximum Gasteiger partial charge on any atom is 0.273 e. The number of hydrazone groups is 1. The number of carbonyl (C=O) groups is 1. The van der Waals surface area contributed by atoms with E-state index < -0.39 is 0 Å². The Kier molecular flexibility index (Phi) is 5.48. The van der Waals surface area contributed by atoms with Gasteiger partial charge >= 0.3 is 0 Å². The lowest BCUT2D eigenvalue weighted by atomic mass is 9.92. The van der Waals surface area contributed by atoms with E-state index in [2.05, 4.69) is 34.3 Å². The maximum atomic E-state index is 12.4. The van der Waals surface area contributed by atoms with Gasteiger partial charge in [-0.1, -0.05) is 13.8 Å². The minimum Gasteiger partial charge on any atom is -0.463 e. The quantitative estimate of drug-likeness (QED) is 0.724. The number of nitrogens with zero attached hydrogens (tertiary/aromatic N) is 2. The average Bonchev–Trinajstić information content (AvgIpc) is 3.43. The summed E-state index contributed by atoms with van der Waals surface area (Å²) in [5.74, 6) is 0.416. The molecule has 3 heterocycles. The monoisotopic (exact) mass is 380 g/mol. The Hall–Kier alpha value is -2.60. The average molecular weight is 380 g/mol. The Morgan fingerprint density at radius 2 is 2.07 bits per heavy atom. The molecule has 0 unspecified atom stereocenters. The van der Waals surface area contributed by atoms with Gasteiger partial charge in [0.15, 0.2) is 5.76 Å². The summed E-state index contributed by atoms with van der Waals surface area (Å²) in [5.41, 5.74) is 8.89. The third-order valence-electron chi connectivity index (χ3n) is 5.83. The Labute approximate surface area is 165 Å². The maximum absolute atomic E-state index is 12.4. The van der Waals surface area contributed by atoms with E-state index in [1.54, 1.807) is 12.3 Å². The summed E-state index contributed by atoms with van der Waals surface area (Å²) < 4.78 is 5.47. The third-order valence-corrected chi connectivity index (χ3v) is 5.83. The van der Waals surface area contributed by atoms with Crippen LogP contribution in [0.3, 0.4) is 0 Å². The lowest BCUT2D eigenvalue weighted by molar-refractivity contribution is -0.116. The fourth-order valence-corrected chi connectivity index (χ4v) is 4.21. The van der Waals surface area contributed by atoms with E-state index in [0.717, 1.165) is 44.6 Å². The third kappa shape index (κ3) is 3.56. The summed E-state index contributed by atoms with van der Waals surface area (Å²) >= 11 is 0. The molecule has 4 rings (SSSR count). The Bertz CT molecular complexity index is 901. The van der Waals surface area contributed by atoms with Crippen molar-refractivity contribution in [3.8, 4) is 0 Å². The number of hydrogen-bond acceptors (Lipinski definition) is 4. The van der Waals surface area contributed by atoms with Gasteiger partial charge in [0.2, 0.25) is 0 Å². The number of nitrogens with one attached hydrogen (secondary N) is 2. The fourth-order valence-electron chi connectivity index (χ4n) is 4.21. The molecule has 2 aromatic rings. The van der Waals surface area contributed by atoms with Gasteiger partial charge in [0, 0.05) is 17.9 Å². The molecular weight excluding hydrogens is 352 g/mol. The largest absolute Gasteiger partial charge is 0.463 e. The second-order valence-corrected chi connectivity index (χ2v) is 7.39. The molecule has 0 aromatic carbocycles. The van der Waals surface area contributed by atoms with Crippen LogP contribution < -0.4 is 5.43 Å². The van der Waals surface area contributed by atoms with Crippen LogP contribution in [-0.4, -0.2) is 41.1 Å². The zero-order valence-corrected chi connectivity index (χ0v) is 16.7. The molecule has 0 spiro atoms. The molecule has 0 fully saturated rings. The van der Waals surface area contributed by atoms with E-state index in [-0.39, 0.29) is 5.91 Å². The smallest absolute Gasteiger partial charge is 0.273 e. The van der Waals surface area contributed by atoms with E-state index in [0.29, 0.717) is 17.0 Å². The van der Waals surface area contributed by atoms with E-state index in [1.165, 1.54) is 29.7 Å². The first-order valence-corrected chi connectivity index (χ1v) is 10.3. The van der Waals surface area contributed by atoms with Crippen LogP contribution in [-0.2, 0) is 24.1 Å². The van der Waals surface area contributed by atoms with Crippen molar-refractivity contribution in [3.63, 3.8) is 0 Å². The molecule has 2 N–H and O–H groups in total. The highest BCUT2D eigenvalue weighted by Crippen LogP contribution is 2.30. The first-order valence-electron chi connectivity index (χ1n) is 10.3. The van der Waals surface area contributed by atoms with Crippen molar-refractivity contribution < 1.29 is 9.21 Å². The van der Waals surface area contributed by atoms with Gasteiger partial charge in [-0.2, -0.15) is 5.10 Å². The Balaban J connectivity index is 1.70. The van der Waals surface area contributed by atoms with Crippen LogP contribution in [0.5, 0.6) is 0 Å². The second kappa shape index (κ2) is 8.19. The van der Waals surface area contributed by atoms with Crippen LogP contribution in [0, 0.1) is 0 Å². The van der Waals surface area contributed by atoms with Gasteiger partial charge in [0.25, 0.3) is 5.91 Å². The molecule has 148 valence electrons. The van der Waals surface area contributed by atoms with E-state index in [4.69, 9.17) is 4.42 Å². The molecule has 0 radical (unpaired) electrons. The Morgan fingerprint density at radius 1 is 1.25 bits per heavy atom. The summed E-state index contributed by atoms with van der Waals surface area (Å²) in [5, 5.41) is 4.18. The predicted molar refractivity (Wildman–Crippen MR) is 110 cm³/mol. The van der Waals surface area contributed by atoms with Crippen molar-refractivity contribution in [2.45, 2.75) is 46.0 Å². The second-order valence-electron chi connectivity index (χ2n) is 7.39. The highest BCUT2D eigenvalue weighted by atomic mass is 16.3. The highest BCUT2D eigenvalue weighted by Gasteiger charge is 2.27. The zero-order valence-electron chi connectivity index (χ0n) is 16.7. The zero-order chi connectivity index (χ0) is 19.5. The molecule has 6 heteroatoms. The van der Waals surface area contributed by atoms with Crippen molar-refractivity contribution in [3.05, 3.63) is 52.2 Å². The summed E-state index contributed by atoms with van der Waals surface area (Å²) in [7, 11) is 0. The number of hydrogen-bond donors (Lipinski definition) is 2. The van der Waals surface area contributed by atoms with Gasteiger partial charge in [-0.05, 0) is 74.5 Å². The summed E-state index contributed by atoms with van der Waals surface area (Å²) in [4.78, 5) is 18.5. The number of carbonyl (C=O) groups excluding carboxylic acids is 1. The molecule has 1 aliphatic heterocycles. The lowest BCUT2D eigenvalue weighted by Crippen LogP contribution is -2.25. The number of aromatic amines is 1. The number of rotatable bonds is 7. The van der Waals surface area contributed by atoms with Crippen LogP contribution in [0.2, 0.25) is 0 Å². The molecule has 1 amide bonds. The van der Waals surface area contributed by atoms with E-state index >= 15 is 0 Å². The van der Waals surface area contributed by atoms with Gasteiger partial charge in [-0.3, -0.25) is 4.79 Å². The normalized spacial score (nSPS) is 17.9. The number of amides is 1. The number of furan rings is 1. The Morgan fingerprint density at radius 3 is 2.82 bits per heavy atom. The molecule has 28 heavy (non-hydrogen) atoms. The molecule has 0 bridgehead atoms. The molecule has 0 atom stereocenters. The molecule has 0 saturated carbocycles. The highest BCUT2D eigenvalue weighted by molar-refractivity contribution is 6.32. The lowest BCUT2D eigenvalue weighted by Gasteiger charge is -2.19. The van der Waals surface area contributed by atoms with Gasteiger partial charge in [0.05, 0.1) is 11.8 Å². The number of aromatic nitrogens is 1. The SMILES string of the molecule is CCN(CC)CCc1c(C=C2C(=O)NN=C2c2ccco2)[nH]c2c1CCCC2. The predicted octanol–water partition coefficient (Wildman–Crippen LogP) is 3.29. The number of fused-ring (bicyclic) bond motifs is 1. The van der Waals surface area contributed by atoms with Crippen LogP contribution in [0.1, 0.15) is 55.0 Å². The van der Waals surface area contributed by atoms with Crippen LogP contribution in [0.15, 0.2) is 33.5 Å². The molecule has 2 aromatic heterocycles. The molecular formula is C22H28N4O2. The van der Waals surface area contributed by atoms with E-state index in [9.17, 15) is 4.79 Å². The first kappa shape index (κ1) is 18.7. The summed E-state index contributed by atoms with van der Waals surface area (Å²) in [6.07, 6.45) is 9.20. The van der Waals surface area contributed by atoms with Gasteiger partial charge in [-0.25, -0.2) is 5.43 Å². The van der Waals surface area contributed by atoms with Crippen molar-refractivity contribution in [2.24, 2.45) is 5.10 Å². The van der Waals surface area contributed by atoms with Crippen molar-refractivity contribution in [2.75, 3.05) is 19.6 Å². The number of aryl methyl sites for hydroxylation is 1. The van der Waals surface area contributed by atoms with E-state index in [1.807, 2.05) is 12.1 Å². The van der Waals surface area contributed by atoms with Gasteiger partial charge in [-0.15, -0.1) is 0 Å². The molecule has 0 saturated heterocycles. The van der Waals surface area contributed by atoms with Gasteiger partial charge < -0.3 is 14.3 Å². The molecule has 2 aliphatic rings. The van der Waals surface area contributed by atoms with Crippen LogP contribution >= 0.6 is 0 Å². The minimum atomic E-state index is -0.186. The van der Waals surface area contributed by atoms with Crippen molar-refractivity contribution in [1.82, 2.24) is 15.3 Å². The van der Waals surface area contributed by atoms with Crippen molar-refractivity contribution >= 4 is 17.7 Å². The molecule has 6 nitrogen and oxygen atoms in total.